The first kappa shape index (κ1) is 12.8. The van der Waals surface area contributed by atoms with Gasteiger partial charge in [-0.05, 0) is 7.05 Å². The molecule has 1 N–H and O–H groups in total. The van der Waals surface area contributed by atoms with Crippen LogP contribution < -0.4 is 5.32 Å². The third-order valence-corrected chi connectivity index (χ3v) is 1.95. The smallest absolute Gasteiger partial charge is 0.305 e. The molecule has 7 heteroatoms. The summed E-state index contributed by atoms with van der Waals surface area (Å²) in [6.07, 6.45) is -4.87. The van der Waals surface area contributed by atoms with Gasteiger partial charge >= 0.3 is 6.18 Å². The van der Waals surface area contributed by atoms with E-state index in [0.717, 1.165) is 7.05 Å². The molecule has 0 aromatic heterocycles. The van der Waals surface area contributed by atoms with Gasteiger partial charge in [0.15, 0.2) is 0 Å². The summed E-state index contributed by atoms with van der Waals surface area (Å²) in [7, 11) is 0.903. The molecular formula is C9H7F6N. The molecule has 0 radical (unpaired) electrons. The number of benzene rings is 1. The predicted octanol–water partition coefficient (Wildman–Crippen LogP) is 2.93. The zero-order chi connectivity index (χ0) is 12.5. The van der Waals surface area contributed by atoms with Gasteiger partial charge in [-0.3, -0.25) is 0 Å². The second kappa shape index (κ2) is 4.32. The van der Waals surface area contributed by atoms with Crippen LogP contribution in [0.5, 0.6) is 0 Å². The first-order valence-electron chi connectivity index (χ1n) is 4.15. The normalized spacial score (nSPS) is 13.9. The fourth-order valence-electron chi connectivity index (χ4n) is 1.30. The van der Waals surface area contributed by atoms with Crippen LogP contribution in [0.4, 0.5) is 26.3 Å². The topological polar surface area (TPSA) is 12.0 Å². The van der Waals surface area contributed by atoms with Crippen molar-refractivity contribution in [3.05, 3.63) is 35.1 Å². The molecule has 0 heterocycles. The van der Waals surface area contributed by atoms with Crippen molar-refractivity contribution in [2.45, 2.75) is 12.2 Å². The number of nitrogens with one attached hydrogen (secondary N) is 1. The van der Waals surface area contributed by atoms with Crippen molar-refractivity contribution >= 4 is 0 Å². The van der Waals surface area contributed by atoms with E-state index in [-0.39, 0.29) is 12.1 Å². The van der Waals surface area contributed by atoms with Crippen LogP contribution in [0.3, 0.4) is 0 Å². The first-order chi connectivity index (χ1) is 7.27. The van der Waals surface area contributed by atoms with E-state index in [9.17, 15) is 26.3 Å². The van der Waals surface area contributed by atoms with Crippen LogP contribution in [0.15, 0.2) is 12.1 Å². The summed E-state index contributed by atoms with van der Waals surface area (Å²) < 4.78 is 75.7. The Balaban J connectivity index is 3.31. The molecule has 0 aliphatic carbocycles. The third kappa shape index (κ3) is 2.46. The Hall–Kier alpha value is -1.24. The standard InChI is InChI=1S/C9H7F6N/c1-16-8(9(13,14)15)7-5(11)2-4(10)3-6(7)12/h2-3,8,16H,1H3. The maximum atomic E-state index is 13.1. The van der Waals surface area contributed by atoms with E-state index in [2.05, 4.69) is 0 Å². The van der Waals surface area contributed by atoms with E-state index >= 15 is 0 Å². The Labute approximate surface area is 87.1 Å². The molecule has 0 saturated carbocycles. The molecule has 1 unspecified atom stereocenters. The summed E-state index contributed by atoms with van der Waals surface area (Å²) in [6.45, 7) is 0. The SMILES string of the molecule is CNC(c1c(F)cc(F)cc1F)C(F)(F)F. The lowest BCUT2D eigenvalue weighted by atomic mass is 10.1. The number of halogens is 6. The number of rotatable bonds is 2. The highest BCUT2D eigenvalue weighted by atomic mass is 19.4. The molecule has 1 nitrogen and oxygen atoms in total. The average Bonchev–Trinajstić information content (AvgIpc) is 2.08. The monoisotopic (exact) mass is 243 g/mol. The molecule has 1 aromatic rings. The summed E-state index contributed by atoms with van der Waals surface area (Å²) in [5, 5.41) is 1.73. The molecule has 1 rings (SSSR count). The molecule has 1 atom stereocenters. The molecule has 0 fully saturated rings. The Morgan fingerprint density at radius 1 is 1.06 bits per heavy atom. The molecule has 90 valence electrons. The van der Waals surface area contributed by atoms with Gasteiger partial charge in [-0.15, -0.1) is 0 Å². The molecule has 0 aliphatic heterocycles. The third-order valence-electron chi connectivity index (χ3n) is 1.95. The highest BCUT2D eigenvalue weighted by molar-refractivity contribution is 5.25. The van der Waals surface area contributed by atoms with Gasteiger partial charge in [-0.1, -0.05) is 0 Å². The van der Waals surface area contributed by atoms with E-state index in [1.807, 2.05) is 0 Å². The van der Waals surface area contributed by atoms with Gasteiger partial charge in [0.1, 0.15) is 23.5 Å². The predicted molar refractivity (Wildman–Crippen MR) is 44.2 cm³/mol. The van der Waals surface area contributed by atoms with Gasteiger partial charge in [0.25, 0.3) is 0 Å². The molecule has 0 amide bonds. The van der Waals surface area contributed by atoms with E-state index in [1.54, 1.807) is 5.32 Å². The zero-order valence-corrected chi connectivity index (χ0v) is 8.00. The molecule has 16 heavy (non-hydrogen) atoms. The summed E-state index contributed by atoms with van der Waals surface area (Å²) in [6, 6.07) is -2.10. The van der Waals surface area contributed by atoms with Crippen molar-refractivity contribution in [2.75, 3.05) is 7.05 Å². The Morgan fingerprint density at radius 2 is 1.50 bits per heavy atom. The number of hydrogen-bond donors (Lipinski definition) is 1. The Morgan fingerprint density at radius 3 is 1.81 bits per heavy atom. The first-order valence-corrected chi connectivity index (χ1v) is 4.15. The van der Waals surface area contributed by atoms with Crippen LogP contribution in [-0.2, 0) is 0 Å². The lowest BCUT2D eigenvalue weighted by molar-refractivity contribution is -0.157. The average molecular weight is 243 g/mol. The van der Waals surface area contributed by atoms with E-state index in [1.165, 1.54) is 0 Å². The van der Waals surface area contributed by atoms with Gasteiger partial charge < -0.3 is 5.32 Å². The fourth-order valence-corrected chi connectivity index (χ4v) is 1.30. The Bertz CT molecular complexity index is 363. The van der Waals surface area contributed by atoms with E-state index < -0.39 is 35.2 Å². The van der Waals surface area contributed by atoms with Crippen LogP contribution in [-0.4, -0.2) is 13.2 Å². The summed E-state index contributed by atoms with van der Waals surface area (Å²) in [4.78, 5) is 0. The fraction of sp³-hybridized carbons (Fsp3) is 0.333. The van der Waals surface area contributed by atoms with Gasteiger partial charge in [0.05, 0.1) is 0 Å². The van der Waals surface area contributed by atoms with E-state index in [4.69, 9.17) is 0 Å². The van der Waals surface area contributed by atoms with Crippen LogP contribution in [0.25, 0.3) is 0 Å². The highest BCUT2D eigenvalue weighted by Crippen LogP contribution is 2.35. The molecular weight excluding hydrogens is 236 g/mol. The Kier molecular flexibility index (Phi) is 3.47. The van der Waals surface area contributed by atoms with Gasteiger partial charge in [0, 0.05) is 17.7 Å². The molecule has 1 aromatic carbocycles. The quantitative estimate of drug-likeness (QED) is 0.787. The lowest BCUT2D eigenvalue weighted by Gasteiger charge is -2.20. The second-order valence-electron chi connectivity index (χ2n) is 3.05. The molecule has 0 bridgehead atoms. The second-order valence-corrected chi connectivity index (χ2v) is 3.05. The van der Waals surface area contributed by atoms with E-state index in [0.29, 0.717) is 0 Å². The summed E-state index contributed by atoms with van der Waals surface area (Å²) in [5.74, 6) is -4.42. The van der Waals surface area contributed by atoms with Crippen molar-refractivity contribution in [3.8, 4) is 0 Å². The van der Waals surface area contributed by atoms with Crippen LogP contribution in [0.2, 0.25) is 0 Å². The number of alkyl halides is 3. The van der Waals surface area contributed by atoms with Crippen molar-refractivity contribution < 1.29 is 26.3 Å². The molecule has 0 spiro atoms. The summed E-state index contributed by atoms with van der Waals surface area (Å²) in [5.41, 5.74) is -1.24. The van der Waals surface area contributed by atoms with Gasteiger partial charge in [-0.2, -0.15) is 13.2 Å². The molecule has 0 saturated heterocycles. The van der Waals surface area contributed by atoms with Crippen molar-refractivity contribution in [2.24, 2.45) is 0 Å². The minimum absolute atomic E-state index is 0.203. The van der Waals surface area contributed by atoms with Crippen molar-refractivity contribution in [3.63, 3.8) is 0 Å². The highest BCUT2D eigenvalue weighted by Gasteiger charge is 2.42. The van der Waals surface area contributed by atoms with Crippen LogP contribution in [0.1, 0.15) is 11.6 Å². The van der Waals surface area contributed by atoms with Crippen LogP contribution >= 0.6 is 0 Å². The molecule has 0 aliphatic rings. The maximum Gasteiger partial charge on any atom is 0.408 e. The lowest BCUT2D eigenvalue weighted by Crippen LogP contribution is -2.33. The zero-order valence-electron chi connectivity index (χ0n) is 8.00. The van der Waals surface area contributed by atoms with Crippen LogP contribution in [0, 0.1) is 17.5 Å². The van der Waals surface area contributed by atoms with Crippen molar-refractivity contribution in [1.29, 1.82) is 0 Å². The van der Waals surface area contributed by atoms with Gasteiger partial charge in [-0.25, -0.2) is 13.2 Å². The maximum absolute atomic E-state index is 13.1. The minimum Gasteiger partial charge on any atom is -0.305 e. The van der Waals surface area contributed by atoms with Gasteiger partial charge in [0.2, 0.25) is 0 Å². The largest absolute Gasteiger partial charge is 0.408 e. The minimum atomic E-state index is -4.87. The summed E-state index contributed by atoms with van der Waals surface area (Å²) >= 11 is 0. The number of hydrogen-bond acceptors (Lipinski definition) is 1. The van der Waals surface area contributed by atoms with Crippen molar-refractivity contribution in [1.82, 2.24) is 5.32 Å².